The number of hydrogen-bond acceptors (Lipinski definition) is 4. The number of benzene rings is 1. The molecule has 0 radical (unpaired) electrons. The summed E-state index contributed by atoms with van der Waals surface area (Å²) in [6.07, 6.45) is 5.27. The number of nitrogens with zero attached hydrogens (tertiary/aromatic N) is 2. The van der Waals surface area contributed by atoms with E-state index in [2.05, 4.69) is 22.2 Å². The molecule has 5 nitrogen and oxygen atoms in total. The van der Waals surface area contributed by atoms with Crippen LogP contribution >= 0.6 is 0 Å². The van der Waals surface area contributed by atoms with Gasteiger partial charge in [0.25, 0.3) is 5.91 Å². The third-order valence-corrected chi connectivity index (χ3v) is 2.67. The Morgan fingerprint density at radius 1 is 1.20 bits per heavy atom. The fourth-order valence-corrected chi connectivity index (χ4v) is 1.57. The summed E-state index contributed by atoms with van der Waals surface area (Å²) in [5, 5.41) is 2.63. The summed E-state index contributed by atoms with van der Waals surface area (Å²) in [5.41, 5.74) is 0.542. The first kappa shape index (κ1) is 14.0. The van der Waals surface area contributed by atoms with Crippen LogP contribution in [0, 0.1) is 0 Å². The van der Waals surface area contributed by atoms with E-state index in [9.17, 15) is 4.79 Å². The molecule has 0 aliphatic rings. The van der Waals surface area contributed by atoms with Gasteiger partial charge in [-0.05, 0) is 36.8 Å². The molecule has 104 valence electrons. The third kappa shape index (κ3) is 4.05. The Bertz CT molecular complexity index is 541. The van der Waals surface area contributed by atoms with Gasteiger partial charge in [-0.3, -0.25) is 10.1 Å². The summed E-state index contributed by atoms with van der Waals surface area (Å²) in [7, 11) is 0. The number of anilines is 1. The van der Waals surface area contributed by atoms with Gasteiger partial charge in [0.05, 0.1) is 6.61 Å². The molecule has 0 unspecified atom stereocenters. The van der Waals surface area contributed by atoms with E-state index in [4.69, 9.17) is 4.74 Å². The van der Waals surface area contributed by atoms with Crippen molar-refractivity contribution in [3.63, 3.8) is 0 Å². The van der Waals surface area contributed by atoms with E-state index in [0.29, 0.717) is 18.1 Å². The van der Waals surface area contributed by atoms with E-state index < -0.39 is 0 Å². The van der Waals surface area contributed by atoms with Crippen molar-refractivity contribution in [1.82, 2.24) is 9.97 Å². The van der Waals surface area contributed by atoms with E-state index in [1.165, 1.54) is 0 Å². The maximum absolute atomic E-state index is 12.0. The Morgan fingerprint density at radius 3 is 2.55 bits per heavy atom. The molecule has 20 heavy (non-hydrogen) atoms. The highest BCUT2D eigenvalue weighted by Crippen LogP contribution is 2.13. The number of ether oxygens (including phenoxy) is 1. The SMILES string of the molecule is CCCCOc1ccc(C(=O)Nc2ncccn2)cc1. The molecule has 0 aliphatic heterocycles. The highest BCUT2D eigenvalue weighted by molar-refractivity contribution is 6.03. The van der Waals surface area contributed by atoms with E-state index in [-0.39, 0.29) is 5.91 Å². The zero-order chi connectivity index (χ0) is 14.2. The van der Waals surface area contributed by atoms with Crippen LogP contribution in [0.4, 0.5) is 5.95 Å². The average molecular weight is 271 g/mol. The molecule has 5 heteroatoms. The van der Waals surface area contributed by atoms with Crippen molar-refractivity contribution in [2.45, 2.75) is 19.8 Å². The van der Waals surface area contributed by atoms with Gasteiger partial charge in [-0.15, -0.1) is 0 Å². The van der Waals surface area contributed by atoms with Crippen LogP contribution in [0.15, 0.2) is 42.7 Å². The standard InChI is InChI=1S/C15H17N3O2/c1-2-3-11-20-13-7-5-12(6-8-13)14(19)18-15-16-9-4-10-17-15/h4-10H,2-3,11H2,1H3,(H,16,17,18,19). The van der Waals surface area contributed by atoms with Crippen LogP contribution in [0.1, 0.15) is 30.1 Å². The van der Waals surface area contributed by atoms with Crippen molar-refractivity contribution in [1.29, 1.82) is 0 Å². The summed E-state index contributed by atoms with van der Waals surface area (Å²) in [6.45, 7) is 2.81. The Hall–Kier alpha value is -2.43. The zero-order valence-corrected chi connectivity index (χ0v) is 11.4. The summed E-state index contributed by atoms with van der Waals surface area (Å²) in [5.74, 6) is 0.822. The monoisotopic (exact) mass is 271 g/mol. The molecule has 1 aromatic heterocycles. The maximum atomic E-state index is 12.0. The number of aromatic nitrogens is 2. The molecule has 2 aromatic rings. The Balaban J connectivity index is 1.94. The first-order chi connectivity index (χ1) is 9.79. The summed E-state index contributed by atoms with van der Waals surface area (Å²) in [4.78, 5) is 19.8. The lowest BCUT2D eigenvalue weighted by Gasteiger charge is -2.06. The lowest BCUT2D eigenvalue weighted by atomic mass is 10.2. The highest BCUT2D eigenvalue weighted by atomic mass is 16.5. The minimum absolute atomic E-state index is 0.240. The lowest BCUT2D eigenvalue weighted by Crippen LogP contribution is -2.13. The van der Waals surface area contributed by atoms with Gasteiger partial charge >= 0.3 is 0 Å². The molecule has 0 aliphatic carbocycles. The number of nitrogens with one attached hydrogen (secondary N) is 1. The van der Waals surface area contributed by atoms with Crippen molar-refractivity contribution < 1.29 is 9.53 Å². The summed E-state index contributed by atoms with van der Waals surface area (Å²) >= 11 is 0. The molecular weight excluding hydrogens is 254 g/mol. The van der Waals surface area contributed by atoms with Crippen LogP contribution in [0.5, 0.6) is 5.75 Å². The number of amides is 1. The summed E-state index contributed by atoms with van der Waals surface area (Å²) < 4.78 is 5.54. The Morgan fingerprint density at radius 2 is 1.90 bits per heavy atom. The average Bonchev–Trinajstić information content (AvgIpc) is 2.49. The molecule has 2 rings (SSSR count). The maximum Gasteiger partial charge on any atom is 0.258 e. The number of rotatable bonds is 6. The minimum Gasteiger partial charge on any atom is -0.494 e. The van der Waals surface area contributed by atoms with Crippen molar-refractivity contribution >= 4 is 11.9 Å². The van der Waals surface area contributed by atoms with Gasteiger partial charge in [-0.1, -0.05) is 13.3 Å². The second kappa shape index (κ2) is 7.23. The van der Waals surface area contributed by atoms with Gasteiger partial charge in [0.1, 0.15) is 5.75 Å². The van der Waals surface area contributed by atoms with Crippen molar-refractivity contribution in [3.8, 4) is 5.75 Å². The third-order valence-electron chi connectivity index (χ3n) is 2.67. The van der Waals surface area contributed by atoms with Crippen molar-refractivity contribution in [2.75, 3.05) is 11.9 Å². The van der Waals surface area contributed by atoms with Crippen molar-refractivity contribution in [2.24, 2.45) is 0 Å². The molecule has 1 heterocycles. The molecular formula is C15H17N3O2. The number of carbonyl (C=O) groups is 1. The van der Waals surface area contributed by atoms with Gasteiger partial charge in [-0.2, -0.15) is 0 Å². The second-order valence-corrected chi connectivity index (χ2v) is 4.25. The smallest absolute Gasteiger partial charge is 0.258 e. The minimum atomic E-state index is -0.240. The Kier molecular flexibility index (Phi) is 5.06. The first-order valence-corrected chi connectivity index (χ1v) is 6.61. The molecule has 0 saturated heterocycles. The first-order valence-electron chi connectivity index (χ1n) is 6.61. The molecule has 1 aromatic carbocycles. The molecule has 0 saturated carbocycles. The Labute approximate surface area is 118 Å². The highest BCUT2D eigenvalue weighted by Gasteiger charge is 2.07. The van der Waals surface area contributed by atoms with Crippen molar-refractivity contribution in [3.05, 3.63) is 48.3 Å². The van der Waals surface area contributed by atoms with E-state index in [0.717, 1.165) is 18.6 Å². The topological polar surface area (TPSA) is 64.1 Å². The molecule has 0 fully saturated rings. The molecule has 0 bridgehead atoms. The van der Waals surface area contributed by atoms with Gasteiger partial charge in [0, 0.05) is 18.0 Å². The normalized spacial score (nSPS) is 10.1. The number of hydrogen-bond donors (Lipinski definition) is 1. The zero-order valence-electron chi connectivity index (χ0n) is 11.4. The molecule has 0 spiro atoms. The van der Waals surface area contributed by atoms with E-state index >= 15 is 0 Å². The van der Waals surface area contributed by atoms with Gasteiger partial charge in [-0.25, -0.2) is 9.97 Å². The second-order valence-electron chi connectivity index (χ2n) is 4.25. The quantitative estimate of drug-likeness (QED) is 0.820. The van der Waals surface area contributed by atoms with Crippen LogP contribution in [0.25, 0.3) is 0 Å². The van der Waals surface area contributed by atoms with Crippen LogP contribution in [-0.2, 0) is 0 Å². The largest absolute Gasteiger partial charge is 0.494 e. The van der Waals surface area contributed by atoms with Gasteiger partial charge in [0.2, 0.25) is 5.95 Å². The summed E-state index contributed by atoms with van der Waals surface area (Å²) in [6, 6.07) is 8.71. The van der Waals surface area contributed by atoms with Crippen LogP contribution in [0.3, 0.4) is 0 Å². The predicted molar refractivity (Wildman–Crippen MR) is 76.8 cm³/mol. The van der Waals surface area contributed by atoms with Crippen LogP contribution < -0.4 is 10.1 Å². The van der Waals surface area contributed by atoms with Gasteiger partial charge < -0.3 is 4.74 Å². The molecule has 0 atom stereocenters. The van der Waals surface area contributed by atoms with Crippen LogP contribution in [-0.4, -0.2) is 22.5 Å². The lowest BCUT2D eigenvalue weighted by molar-refractivity contribution is 0.102. The fourth-order valence-electron chi connectivity index (χ4n) is 1.57. The number of unbranched alkanes of at least 4 members (excludes halogenated alkanes) is 1. The van der Waals surface area contributed by atoms with Crippen LogP contribution in [0.2, 0.25) is 0 Å². The predicted octanol–water partition coefficient (Wildman–Crippen LogP) is 2.91. The number of carbonyl (C=O) groups excluding carboxylic acids is 1. The molecule has 1 amide bonds. The van der Waals surface area contributed by atoms with Gasteiger partial charge in [0.15, 0.2) is 0 Å². The fraction of sp³-hybridized carbons (Fsp3) is 0.267. The van der Waals surface area contributed by atoms with E-state index in [1.54, 1.807) is 42.7 Å². The van der Waals surface area contributed by atoms with E-state index in [1.807, 2.05) is 0 Å². The molecule has 1 N–H and O–H groups in total.